The van der Waals surface area contributed by atoms with Crippen LogP contribution in [0.4, 0.5) is 22.7 Å². The van der Waals surface area contributed by atoms with E-state index in [1.54, 1.807) is 46.6 Å². The van der Waals surface area contributed by atoms with E-state index in [1.165, 1.54) is 186 Å². The molecule has 5 aromatic heterocycles. The van der Waals surface area contributed by atoms with Crippen LogP contribution in [0.3, 0.4) is 0 Å². The SMILES string of the molecule is CC1=C2C(=O)N(C)C(C)=C2C(=O)N1C.CC1=C2SC(=O)C(C)=C2SC1=O.Cc1c(C)c(C)c2c(c1C)/C(=C1\C(=O)N(C)c3c(C)c(C)c(C)c(C)c31)CN2C.Cc1c(C)c(C)c2nn(C)nc2c1C.Cc1c(C)c(C)c2nsnc2c1C.Cc1c2c(c(C)c3nsnc13)N=S=N2.Cc1nc(C)c2nsnc2c1C. The number of amides is 3. The van der Waals surface area contributed by atoms with Crippen LogP contribution in [-0.4, -0.2) is 119 Å². The highest BCUT2D eigenvalue weighted by atomic mass is 32.2. The Balaban J connectivity index is 0.000000129. The Labute approximate surface area is 656 Å². The summed E-state index contributed by atoms with van der Waals surface area (Å²) in [7, 11) is 9.32. The molecular weight excluding hydrogens is 1470 g/mol. The molecule has 0 bridgehead atoms. The number of thioether (sulfide) groups is 2. The summed E-state index contributed by atoms with van der Waals surface area (Å²) in [5.74, 6) is -0.0249. The molecule has 0 saturated carbocycles. The van der Waals surface area contributed by atoms with Gasteiger partial charge in [-0.25, -0.2) is 0 Å². The Morgan fingerprint density at radius 3 is 1.06 bits per heavy atom. The van der Waals surface area contributed by atoms with E-state index in [-0.39, 0.29) is 28.0 Å². The zero-order valence-electron chi connectivity index (χ0n) is 67.4. The molecule has 0 fully saturated rings. The predicted molar refractivity (Wildman–Crippen MR) is 447 cm³/mol. The van der Waals surface area contributed by atoms with E-state index >= 15 is 0 Å². The molecule has 3 amide bonds. The van der Waals surface area contributed by atoms with E-state index in [4.69, 9.17) is 0 Å². The van der Waals surface area contributed by atoms with Crippen LogP contribution in [0, 0.1) is 145 Å². The van der Waals surface area contributed by atoms with Gasteiger partial charge in [0.15, 0.2) is 0 Å². The smallest absolute Gasteiger partial charge is 0.260 e. The molecule has 10 aromatic rings. The van der Waals surface area contributed by atoms with Crippen LogP contribution in [0.25, 0.3) is 55.3 Å². The molecule has 21 nitrogen and oxygen atoms in total. The summed E-state index contributed by atoms with van der Waals surface area (Å²) in [6.45, 7) is 52.5. The standard InChI is InChI=1S/C26H32N2O.C11H15N3.C10H12N2O2.C10H12N2S.C8H6N4S2.C8H9N3S.C8H6O2S2/c1-12-14(3)18(7)24-21(16(12)5)20(11-27(24)9)23-22-17(6)13(2)15(4)19(8)25(22)28(10)26(23)29;1-6-7(2)9(4)11-10(8(6)3)12-14(5)13-11;1-5-7-8(10(14)11(5)3)6(2)12(4)9(7)13;1-5-6(2)8(4)10-9(7(5)3)11-13-12-10;1-3-5-7(11-13-9-5)4(2)8-6(3)10-14-12-8;1-4-5(2)9-6(3)8-7(4)10-12-11-8;1-3-5-6(12-7(3)9)4(2)8(10)11-5/h11H2,1-10H3;1-5H3;1-4H3;1-4H3;1-2H3;1-3H3;1-2H3/b23-20-;;;;;;. The van der Waals surface area contributed by atoms with Gasteiger partial charge in [-0.05, 0) is 297 Å². The van der Waals surface area contributed by atoms with E-state index in [0.29, 0.717) is 11.1 Å². The number of anilines is 2. The Kier molecular flexibility index (Phi) is 22.5. The summed E-state index contributed by atoms with van der Waals surface area (Å²) in [6.07, 6.45) is 0. The highest BCUT2D eigenvalue weighted by Crippen LogP contribution is 2.53. The van der Waals surface area contributed by atoms with Crippen molar-refractivity contribution in [1.82, 2.24) is 56.0 Å². The molecule has 0 aliphatic carbocycles. The Hall–Kier alpha value is -9.12. The molecular formula is C81H92N16O5S6. The zero-order chi connectivity index (χ0) is 79.5. The predicted octanol–water partition coefficient (Wildman–Crippen LogP) is 18.2. The van der Waals surface area contributed by atoms with Crippen molar-refractivity contribution in [3.63, 3.8) is 0 Å². The summed E-state index contributed by atoms with van der Waals surface area (Å²) in [5, 5.41) is 8.93. The van der Waals surface area contributed by atoms with Gasteiger partial charge in [0, 0.05) is 108 Å². The number of hydrogen-bond donors (Lipinski definition) is 0. The first-order valence-electron chi connectivity index (χ1n) is 35.4. The van der Waals surface area contributed by atoms with Crippen molar-refractivity contribution < 1.29 is 24.0 Å². The molecule has 0 saturated heterocycles. The third-order valence-corrected chi connectivity index (χ3v) is 27.8. The van der Waals surface area contributed by atoms with Crippen LogP contribution in [0.15, 0.2) is 52.2 Å². The number of likely N-dealkylation sites (N-methyl/N-ethyl adjacent to an activating group) is 4. The van der Waals surface area contributed by atoms with Gasteiger partial charge in [0.05, 0.1) is 74.6 Å². The van der Waals surface area contributed by atoms with Crippen LogP contribution in [0.5, 0.6) is 0 Å². The van der Waals surface area contributed by atoms with Gasteiger partial charge >= 0.3 is 0 Å². The number of hydrogen-bond acceptors (Lipinski definition) is 22. The molecule has 0 unspecified atom stereocenters. The van der Waals surface area contributed by atoms with Crippen molar-refractivity contribution in [2.24, 2.45) is 15.8 Å². The number of rotatable bonds is 0. The van der Waals surface area contributed by atoms with Crippen molar-refractivity contribution in [3.8, 4) is 0 Å². The summed E-state index contributed by atoms with van der Waals surface area (Å²) in [5.41, 5.74) is 47.1. The second-order valence-corrected chi connectivity index (χ2v) is 32.8. The lowest BCUT2D eigenvalue weighted by Gasteiger charge is -2.19. The highest BCUT2D eigenvalue weighted by Gasteiger charge is 2.44. The monoisotopic (exact) mass is 1560 g/mol. The quantitative estimate of drug-likeness (QED) is 0.128. The summed E-state index contributed by atoms with van der Waals surface area (Å²) in [4.78, 5) is 74.5. The maximum atomic E-state index is 13.6. The molecule has 7 aliphatic rings. The number of carbonyl (C=O) groups excluding carboxylic acids is 5. The number of allylic oxidation sites excluding steroid dienone is 2. The van der Waals surface area contributed by atoms with E-state index in [2.05, 4.69) is 173 Å². The zero-order valence-corrected chi connectivity index (χ0v) is 72.3. The minimum absolute atomic E-state index is 0.0762. The Morgan fingerprint density at radius 1 is 0.315 bits per heavy atom. The third kappa shape index (κ3) is 13.3. The van der Waals surface area contributed by atoms with E-state index in [9.17, 15) is 24.0 Å². The number of aromatic nitrogens is 10. The Bertz CT molecular complexity index is 5720. The van der Waals surface area contributed by atoms with Gasteiger partial charge < -0.3 is 19.6 Å². The van der Waals surface area contributed by atoms with Gasteiger partial charge in [0.25, 0.3) is 17.7 Å². The van der Waals surface area contributed by atoms with Gasteiger partial charge in [0.1, 0.15) is 55.5 Å². The van der Waals surface area contributed by atoms with Gasteiger partial charge in [0.2, 0.25) is 10.2 Å². The molecule has 108 heavy (non-hydrogen) atoms. The van der Waals surface area contributed by atoms with E-state index in [0.717, 1.165) is 139 Å². The summed E-state index contributed by atoms with van der Waals surface area (Å²) < 4.78 is 34.1. The van der Waals surface area contributed by atoms with E-state index < -0.39 is 0 Å². The van der Waals surface area contributed by atoms with Gasteiger partial charge in [-0.1, -0.05) is 0 Å². The average Bonchev–Trinajstić information content (AvgIpc) is 1.55. The number of benzene rings is 5. The number of nitrogens with zero attached hydrogens (tertiary/aromatic N) is 16. The second kappa shape index (κ2) is 30.4. The molecule has 17 rings (SSSR count). The van der Waals surface area contributed by atoms with Crippen molar-refractivity contribution >= 4 is 176 Å². The van der Waals surface area contributed by atoms with E-state index in [1.807, 2.05) is 53.6 Å². The normalized spacial score (nSPS) is 15.9. The first kappa shape index (κ1) is 79.9. The summed E-state index contributed by atoms with van der Waals surface area (Å²) >= 11 is 7.40. The van der Waals surface area contributed by atoms with Crippen molar-refractivity contribution in [2.45, 2.75) is 173 Å². The van der Waals surface area contributed by atoms with Crippen LogP contribution < -0.4 is 9.80 Å². The maximum Gasteiger partial charge on any atom is 0.260 e. The third-order valence-electron chi connectivity index (χ3n) is 23.2. The molecule has 562 valence electrons. The molecule has 12 heterocycles. The molecule has 0 atom stereocenters. The lowest BCUT2D eigenvalue weighted by molar-refractivity contribution is -0.123. The second-order valence-electron chi connectivity index (χ2n) is 28.7. The van der Waals surface area contributed by atoms with Gasteiger partial charge in [-0.3, -0.25) is 29.0 Å². The van der Waals surface area contributed by atoms with Gasteiger partial charge in [-0.15, -0.1) is 0 Å². The summed E-state index contributed by atoms with van der Waals surface area (Å²) in [6, 6.07) is 0. The lowest BCUT2D eigenvalue weighted by Crippen LogP contribution is -2.24. The van der Waals surface area contributed by atoms with Crippen molar-refractivity contribution in [3.05, 3.63) is 172 Å². The number of carbonyl (C=O) groups is 5. The molecule has 0 N–H and O–H groups in total. The average molecular weight is 1560 g/mol. The Morgan fingerprint density at radius 2 is 0.648 bits per heavy atom. The van der Waals surface area contributed by atoms with Gasteiger partial charge in [-0.2, -0.15) is 50.0 Å². The van der Waals surface area contributed by atoms with Crippen molar-refractivity contribution in [2.75, 3.05) is 44.5 Å². The maximum absolute atomic E-state index is 13.6. The molecule has 0 radical (unpaired) electrons. The van der Waals surface area contributed by atoms with Crippen LogP contribution in [-0.2, 0) is 42.4 Å². The molecule has 7 aliphatic heterocycles. The molecule has 27 heteroatoms. The number of fused-ring (bicyclic) bond motifs is 9. The van der Waals surface area contributed by atoms with Crippen LogP contribution >= 0.6 is 58.7 Å². The number of aryl methyl sites for hydroxylation is 10. The lowest BCUT2D eigenvalue weighted by atomic mass is 9.85. The molecule has 5 aromatic carbocycles. The fourth-order valence-corrected chi connectivity index (χ4v) is 19.5. The molecule has 0 spiro atoms. The van der Waals surface area contributed by atoms with Crippen LogP contribution in [0.2, 0.25) is 0 Å². The first-order valence-corrected chi connectivity index (χ1v) is 39.9. The first-order chi connectivity index (χ1) is 50.7. The highest BCUT2D eigenvalue weighted by molar-refractivity contribution is 8.24. The largest absolute Gasteiger partial charge is 0.369 e. The number of pyridine rings is 1. The minimum Gasteiger partial charge on any atom is -0.369 e. The fourth-order valence-electron chi connectivity index (χ4n) is 14.6. The van der Waals surface area contributed by atoms with Crippen molar-refractivity contribution in [1.29, 1.82) is 0 Å². The van der Waals surface area contributed by atoms with Crippen LogP contribution in [0.1, 0.15) is 156 Å². The topological polar surface area (TPSA) is 244 Å². The minimum atomic E-state index is -0.0762. The fraction of sp³-hybridized carbons (Fsp3) is 0.383.